The quantitative estimate of drug-likeness (QED) is 0.796. The van der Waals surface area contributed by atoms with Crippen LogP contribution in [0.4, 0.5) is 0 Å². The molecule has 1 aromatic carbocycles. The molecule has 0 radical (unpaired) electrons. The van der Waals surface area contributed by atoms with Crippen LogP contribution in [0.1, 0.15) is 39.2 Å². The molecule has 3 nitrogen and oxygen atoms in total. The topological polar surface area (TPSA) is 46.3 Å². The maximum atomic E-state index is 12.5. The summed E-state index contributed by atoms with van der Waals surface area (Å²) in [6.45, 7) is 8.13. The molecule has 2 N–H and O–H groups in total. The molecule has 0 saturated carbocycles. The molecule has 0 spiro atoms. The Balaban J connectivity index is 2.66. The van der Waals surface area contributed by atoms with Gasteiger partial charge < -0.3 is 10.6 Å². The number of halogens is 1. The van der Waals surface area contributed by atoms with Crippen LogP contribution in [0.15, 0.2) is 24.3 Å². The molecule has 0 unspecified atom stereocenters. The van der Waals surface area contributed by atoms with Gasteiger partial charge in [0.05, 0.1) is 0 Å². The zero-order valence-electron chi connectivity index (χ0n) is 13.3. The van der Waals surface area contributed by atoms with Crippen LogP contribution in [0.3, 0.4) is 0 Å². The highest BCUT2D eigenvalue weighted by Gasteiger charge is 2.19. The number of hydrogen-bond acceptors (Lipinski definition) is 2. The molecule has 0 saturated heterocycles. The number of benzene rings is 1. The Morgan fingerprint density at radius 2 is 2.00 bits per heavy atom. The van der Waals surface area contributed by atoms with E-state index in [9.17, 15) is 4.79 Å². The first-order valence-corrected chi connectivity index (χ1v) is 8.06. The SMILES string of the molecule is CCN(Cc1ccccc1Cl)C(=O)C[C@@H](CN)CC(C)C. The highest BCUT2D eigenvalue weighted by atomic mass is 35.5. The maximum Gasteiger partial charge on any atom is 0.223 e. The van der Waals surface area contributed by atoms with Gasteiger partial charge in [0.1, 0.15) is 0 Å². The van der Waals surface area contributed by atoms with Crippen LogP contribution in [-0.4, -0.2) is 23.9 Å². The van der Waals surface area contributed by atoms with Crippen LogP contribution in [0.5, 0.6) is 0 Å². The summed E-state index contributed by atoms with van der Waals surface area (Å²) in [6, 6.07) is 7.67. The standard InChI is InChI=1S/C17H27ClN2O/c1-4-20(12-15-7-5-6-8-16(15)18)17(21)10-14(11-19)9-13(2)3/h5-8,13-14H,4,9-12,19H2,1-3H3/t14-/m0/s1. The third-order valence-corrected chi connectivity index (χ3v) is 4.02. The van der Waals surface area contributed by atoms with Crippen LogP contribution in [0, 0.1) is 11.8 Å². The molecular formula is C17H27ClN2O. The molecule has 118 valence electrons. The monoisotopic (exact) mass is 310 g/mol. The van der Waals surface area contributed by atoms with Crippen LogP contribution in [0.2, 0.25) is 5.02 Å². The lowest BCUT2D eigenvalue weighted by molar-refractivity contribution is -0.132. The van der Waals surface area contributed by atoms with E-state index in [0.717, 1.165) is 12.0 Å². The summed E-state index contributed by atoms with van der Waals surface area (Å²) in [7, 11) is 0. The van der Waals surface area contributed by atoms with E-state index >= 15 is 0 Å². The van der Waals surface area contributed by atoms with Crippen molar-refractivity contribution in [2.45, 2.75) is 40.2 Å². The molecule has 0 fully saturated rings. The highest BCUT2D eigenvalue weighted by Crippen LogP contribution is 2.19. The molecule has 1 atom stereocenters. The van der Waals surface area contributed by atoms with Crippen molar-refractivity contribution in [3.8, 4) is 0 Å². The molecule has 21 heavy (non-hydrogen) atoms. The summed E-state index contributed by atoms with van der Waals surface area (Å²) in [5.74, 6) is 0.983. The van der Waals surface area contributed by atoms with Gasteiger partial charge in [-0.2, -0.15) is 0 Å². The van der Waals surface area contributed by atoms with Gasteiger partial charge in [0.2, 0.25) is 5.91 Å². The Kier molecular flexibility index (Phi) is 7.76. The van der Waals surface area contributed by atoms with Crippen molar-refractivity contribution in [1.82, 2.24) is 4.90 Å². The molecule has 0 aliphatic heterocycles. The number of nitrogens with two attached hydrogens (primary N) is 1. The van der Waals surface area contributed by atoms with Crippen LogP contribution in [0.25, 0.3) is 0 Å². The summed E-state index contributed by atoms with van der Waals surface area (Å²) in [4.78, 5) is 14.3. The Morgan fingerprint density at radius 3 is 2.52 bits per heavy atom. The lowest BCUT2D eigenvalue weighted by Gasteiger charge is -2.24. The second-order valence-corrected chi connectivity index (χ2v) is 6.34. The van der Waals surface area contributed by atoms with E-state index in [4.69, 9.17) is 17.3 Å². The molecule has 0 aromatic heterocycles. The molecule has 0 bridgehead atoms. The molecule has 4 heteroatoms. The number of amides is 1. The minimum Gasteiger partial charge on any atom is -0.339 e. The zero-order valence-corrected chi connectivity index (χ0v) is 14.1. The second kappa shape index (κ2) is 9.06. The van der Waals surface area contributed by atoms with E-state index < -0.39 is 0 Å². The molecular weight excluding hydrogens is 284 g/mol. The first kappa shape index (κ1) is 18.0. The number of carbonyl (C=O) groups is 1. The number of hydrogen-bond donors (Lipinski definition) is 1. The number of rotatable bonds is 8. The fourth-order valence-corrected chi connectivity index (χ4v) is 2.71. The van der Waals surface area contributed by atoms with Gasteiger partial charge in [0.15, 0.2) is 0 Å². The zero-order chi connectivity index (χ0) is 15.8. The largest absolute Gasteiger partial charge is 0.339 e. The minimum atomic E-state index is 0.161. The van der Waals surface area contributed by atoms with Crippen molar-refractivity contribution >= 4 is 17.5 Å². The summed E-state index contributed by atoms with van der Waals surface area (Å²) >= 11 is 6.17. The molecule has 0 aliphatic rings. The minimum absolute atomic E-state index is 0.161. The molecule has 1 rings (SSSR count). The first-order valence-electron chi connectivity index (χ1n) is 7.69. The number of nitrogens with zero attached hydrogens (tertiary/aromatic N) is 1. The number of carbonyl (C=O) groups excluding carboxylic acids is 1. The van der Waals surface area contributed by atoms with Crippen LogP contribution < -0.4 is 5.73 Å². The Labute approximate surface area is 133 Å². The van der Waals surface area contributed by atoms with Gasteiger partial charge in [-0.25, -0.2) is 0 Å². The lowest BCUT2D eigenvalue weighted by Crippen LogP contribution is -2.33. The third-order valence-electron chi connectivity index (χ3n) is 3.65. The van der Waals surface area contributed by atoms with Gasteiger partial charge in [-0.1, -0.05) is 43.6 Å². The van der Waals surface area contributed by atoms with Gasteiger partial charge >= 0.3 is 0 Å². The molecule has 0 aliphatic carbocycles. The van der Waals surface area contributed by atoms with Gasteiger partial charge in [0, 0.05) is 24.5 Å². The van der Waals surface area contributed by atoms with Gasteiger partial charge in [-0.15, -0.1) is 0 Å². The highest BCUT2D eigenvalue weighted by molar-refractivity contribution is 6.31. The van der Waals surface area contributed by atoms with Crippen molar-refractivity contribution < 1.29 is 4.79 Å². The van der Waals surface area contributed by atoms with E-state index in [1.165, 1.54) is 0 Å². The van der Waals surface area contributed by atoms with Crippen molar-refractivity contribution in [1.29, 1.82) is 0 Å². The van der Waals surface area contributed by atoms with Crippen LogP contribution in [-0.2, 0) is 11.3 Å². The van der Waals surface area contributed by atoms with Crippen molar-refractivity contribution in [3.05, 3.63) is 34.9 Å². The van der Waals surface area contributed by atoms with Crippen LogP contribution >= 0.6 is 11.6 Å². The second-order valence-electron chi connectivity index (χ2n) is 5.93. The maximum absolute atomic E-state index is 12.5. The average Bonchev–Trinajstić information content (AvgIpc) is 2.45. The van der Waals surface area contributed by atoms with E-state index in [1.54, 1.807) is 0 Å². The predicted octanol–water partition coefficient (Wildman–Crippen LogP) is 3.70. The fourth-order valence-electron chi connectivity index (χ4n) is 2.51. The van der Waals surface area contributed by atoms with Gasteiger partial charge in [-0.05, 0) is 43.4 Å². The van der Waals surface area contributed by atoms with Crippen molar-refractivity contribution in [3.63, 3.8) is 0 Å². The first-order chi connectivity index (χ1) is 9.97. The summed E-state index contributed by atoms with van der Waals surface area (Å²) in [5, 5.41) is 0.710. The van der Waals surface area contributed by atoms with E-state index in [-0.39, 0.29) is 11.8 Å². The Bertz CT molecular complexity index is 448. The summed E-state index contributed by atoms with van der Waals surface area (Å²) in [5.41, 5.74) is 6.78. The molecule has 1 amide bonds. The van der Waals surface area contributed by atoms with Crippen molar-refractivity contribution in [2.24, 2.45) is 17.6 Å². The third kappa shape index (κ3) is 6.06. The van der Waals surface area contributed by atoms with Crippen molar-refractivity contribution in [2.75, 3.05) is 13.1 Å². The van der Waals surface area contributed by atoms with Gasteiger partial charge in [-0.3, -0.25) is 4.79 Å². The smallest absolute Gasteiger partial charge is 0.223 e. The fraction of sp³-hybridized carbons (Fsp3) is 0.588. The Morgan fingerprint density at radius 1 is 1.33 bits per heavy atom. The molecule has 0 heterocycles. The summed E-state index contributed by atoms with van der Waals surface area (Å²) in [6.07, 6.45) is 1.51. The van der Waals surface area contributed by atoms with Gasteiger partial charge in [0.25, 0.3) is 0 Å². The molecule has 1 aromatic rings. The van der Waals surface area contributed by atoms with E-state index in [1.807, 2.05) is 36.1 Å². The van der Waals surface area contributed by atoms with E-state index in [0.29, 0.717) is 37.0 Å². The predicted molar refractivity (Wildman–Crippen MR) is 89.2 cm³/mol. The normalized spacial score (nSPS) is 12.5. The summed E-state index contributed by atoms with van der Waals surface area (Å²) < 4.78 is 0. The Hall–Kier alpha value is -1.06. The lowest BCUT2D eigenvalue weighted by atomic mass is 9.93. The van der Waals surface area contributed by atoms with E-state index in [2.05, 4.69) is 13.8 Å². The average molecular weight is 311 g/mol.